The van der Waals surface area contributed by atoms with Gasteiger partial charge in [0, 0.05) is 6.20 Å². The zero-order valence-electron chi connectivity index (χ0n) is 12.7. The lowest BCUT2D eigenvalue weighted by Gasteiger charge is -2.23. The van der Waals surface area contributed by atoms with Crippen molar-refractivity contribution in [1.29, 1.82) is 0 Å². The molecular weight excluding hydrogens is 405 g/mol. The van der Waals surface area contributed by atoms with Crippen molar-refractivity contribution >= 4 is 45.2 Å². The van der Waals surface area contributed by atoms with Gasteiger partial charge in [0.05, 0.1) is 35.0 Å². The zero-order chi connectivity index (χ0) is 17.9. The van der Waals surface area contributed by atoms with Crippen LogP contribution >= 0.6 is 27.5 Å². The fraction of sp³-hybridized carbons (Fsp3) is 0.125. The summed E-state index contributed by atoms with van der Waals surface area (Å²) in [7, 11) is 2.37. The van der Waals surface area contributed by atoms with Crippen LogP contribution in [0.25, 0.3) is 0 Å². The molecular formula is C16H12BrClFNO4. The summed E-state index contributed by atoms with van der Waals surface area (Å²) in [5.74, 6) is -2.14. The highest BCUT2D eigenvalue weighted by molar-refractivity contribution is 9.10. The third kappa shape index (κ3) is 3.52. The Balaban J connectivity index is 2.70. The molecule has 1 heterocycles. The maximum absolute atomic E-state index is 14.0. The van der Waals surface area contributed by atoms with Crippen LogP contribution in [0.15, 0.2) is 52.3 Å². The van der Waals surface area contributed by atoms with Gasteiger partial charge in [-0.1, -0.05) is 17.7 Å². The quantitative estimate of drug-likeness (QED) is 0.555. The van der Waals surface area contributed by atoms with Gasteiger partial charge in [-0.3, -0.25) is 0 Å². The normalized spacial score (nSPS) is 13.8. The van der Waals surface area contributed by atoms with E-state index in [9.17, 15) is 14.0 Å². The number of esters is 2. The Morgan fingerprint density at radius 1 is 1.17 bits per heavy atom. The second-order valence-electron chi connectivity index (χ2n) is 4.54. The fourth-order valence-corrected chi connectivity index (χ4v) is 2.48. The molecule has 1 aromatic rings. The second-order valence-corrected chi connectivity index (χ2v) is 5.74. The fourth-order valence-electron chi connectivity index (χ4n) is 2.05. The van der Waals surface area contributed by atoms with E-state index in [-0.39, 0.29) is 26.5 Å². The Kier molecular flexibility index (Phi) is 5.80. The maximum atomic E-state index is 14.0. The predicted octanol–water partition coefficient (Wildman–Crippen LogP) is 3.73. The first kappa shape index (κ1) is 18.2. The minimum Gasteiger partial charge on any atom is -0.465 e. The van der Waals surface area contributed by atoms with Crippen molar-refractivity contribution in [2.75, 3.05) is 19.1 Å². The molecule has 0 unspecified atom stereocenters. The van der Waals surface area contributed by atoms with Crippen LogP contribution in [0.2, 0.25) is 5.02 Å². The Morgan fingerprint density at radius 2 is 1.83 bits per heavy atom. The number of methoxy groups -OCH3 is 2. The molecule has 0 saturated carbocycles. The average molecular weight is 417 g/mol. The van der Waals surface area contributed by atoms with E-state index in [1.54, 1.807) is 12.2 Å². The van der Waals surface area contributed by atoms with Gasteiger partial charge in [-0.25, -0.2) is 14.0 Å². The molecule has 1 aliphatic heterocycles. The van der Waals surface area contributed by atoms with Crippen LogP contribution in [0, 0.1) is 5.82 Å². The van der Waals surface area contributed by atoms with Gasteiger partial charge in [0.25, 0.3) is 0 Å². The molecule has 0 radical (unpaired) electrons. The van der Waals surface area contributed by atoms with E-state index in [0.29, 0.717) is 0 Å². The van der Waals surface area contributed by atoms with Crippen molar-refractivity contribution in [3.63, 3.8) is 0 Å². The van der Waals surface area contributed by atoms with Gasteiger partial charge in [-0.2, -0.15) is 0 Å². The second kappa shape index (κ2) is 7.63. The molecule has 0 aliphatic carbocycles. The smallest absolute Gasteiger partial charge is 0.355 e. The van der Waals surface area contributed by atoms with E-state index >= 15 is 0 Å². The van der Waals surface area contributed by atoms with Gasteiger partial charge in [-0.05, 0) is 40.2 Å². The lowest BCUT2D eigenvalue weighted by Crippen LogP contribution is -2.27. The summed E-state index contributed by atoms with van der Waals surface area (Å²) < 4.78 is 23.6. The van der Waals surface area contributed by atoms with Crippen LogP contribution in [0.4, 0.5) is 10.1 Å². The molecule has 0 bridgehead atoms. The molecule has 0 N–H and O–H groups in total. The van der Waals surface area contributed by atoms with E-state index < -0.39 is 17.8 Å². The van der Waals surface area contributed by atoms with Crippen LogP contribution in [0.3, 0.4) is 0 Å². The molecule has 2 rings (SSSR count). The number of nitrogens with zero attached hydrogens (tertiary/aromatic N) is 1. The highest BCUT2D eigenvalue weighted by Crippen LogP contribution is 2.34. The van der Waals surface area contributed by atoms with Crippen molar-refractivity contribution in [2.45, 2.75) is 0 Å². The molecule has 0 spiro atoms. The van der Waals surface area contributed by atoms with Gasteiger partial charge in [0.15, 0.2) is 0 Å². The first-order chi connectivity index (χ1) is 11.4. The number of ether oxygens (including phenoxy) is 2. The largest absolute Gasteiger partial charge is 0.465 e. The summed E-state index contributed by atoms with van der Waals surface area (Å²) in [5.41, 5.74) is 0.0865. The standard InChI is InChI=1S/C16H12BrClFNO4/c1-23-15(21)10-5-3-4-6-20(14(10)16(22)24-2)9-7-11(18)13(17)12(19)8-9/h3-8H,1-2H3. The van der Waals surface area contributed by atoms with E-state index in [1.165, 1.54) is 43.5 Å². The third-order valence-corrected chi connectivity index (χ3v) is 4.47. The number of carbonyl (C=O) groups is 2. The van der Waals surface area contributed by atoms with Crippen molar-refractivity contribution in [3.05, 3.63) is 63.1 Å². The van der Waals surface area contributed by atoms with Crippen molar-refractivity contribution in [2.24, 2.45) is 0 Å². The Morgan fingerprint density at radius 3 is 2.42 bits per heavy atom. The van der Waals surface area contributed by atoms with Crippen LogP contribution in [0.5, 0.6) is 0 Å². The number of allylic oxidation sites excluding steroid dienone is 2. The molecule has 126 valence electrons. The highest BCUT2D eigenvalue weighted by Gasteiger charge is 2.28. The summed E-state index contributed by atoms with van der Waals surface area (Å²) in [5, 5.41) is 0.111. The summed E-state index contributed by atoms with van der Waals surface area (Å²) in [6.07, 6.45) is 6.02. The summed E-state index contributed by atoms with van der Waals surface area (Å²) in [6, 6.07) is 2.62. The SMILES string of the molecule is COC(=O)C1=C(C(=O)OC)N(c2cc(F)c(Br)c(Cl)c2)C=CC=C1. The minimum atomic E-state index is -0.786. The lowest BCUT2D eigenvalue weighted by molar-refractivity contribution is -0.139. The third-order valence-electron chi connectivity index (χ3n) is 3.14. The van der Waals surface area contributed by atoms with Crippen LogP contribution in [-0.4, -0.2) is 26.2 Å². The van der Waals surface area contributed by atoms with E-state index in [2.05, 4.69) is 15.9 Å². The molecule has 8 heteroatoms. The molecule has 0 aromatic heterocycles. The number of benzene rings is 1. The molecule has 0 amide bonds. The molecule has 24 heavy (non-hydrogen) atoms. The lowest BCUT2D eigenvalue weighted by atomic mass is 10.1. The van der Waals surface area contributed by atoms with Gasteiger partial charge < -0.3 is 14.4 Å². The van der Waals surface area contributed by atoms with E-state index in [1.807, 2.05) is 0 Å². The van der Waals surface area contributed by atoms with Crippen molar-refractivity contribution in [3.8, 4) is 0 Å². The summed E-state index contributed by atoms with van der Waals surface area (Å²) in [4.78, 5) is 25.6. The number of halogens is 3. The maximum Gasteiger partial charge on any atom is 0.355 e. The summed E-state index contributed by atoms with van der Waals surface area (Å²) in [6.45, 7) is 0. The first-order valence-electron chi connectivity index (χ1n) is 6.60. The zero-order valence-corrected chi connectivity index (χ0v) is 15.0. The Bertz CT molecular complexity index is 765. The number of anilines is 1. The van der Waals surface area contributed by atoms with Crippen LogP contribution in [-0.2, 0) is 19.1 Å². The monoisotopic (exact) mass is 415 g/mol. The van der Waals surface area contributed by atoms with Crippen molar-refractivity contribution in [1.82, 2.24) is 0 Å². The first-order valence-corrected chi connectivity index (χ1v) is 7.77. The Hall–Kier alpha value is -2.12. The number of hydrogen-bond donors (Lipinski definition) is 0. The van der Waals surface area contributed by atoms with Crippen LogP contribution in [0.1, 0.15) is 0 Å². The van der Waals surface area contributed by atoms with Crippen molar-refractivity contribution < 1.29 is 23.5 Å². The average Bonchev–Trinajstić information content (AvgIpc) is 2.80. The Labute approximate surface area is 151 Å². The number of hydrogen-bond acceptors (Lipinski definition) is 5. The van der Waals surface area contributed by atoms with Gasteiger partial charge in [0.2, 0.25) is 0 Å². The topological polar surface area (TPSA) is 55.8 Å². The molecule has 0 saturated heterocycles. The van der Waals surface area contributed by atoms with Crippen LogP contribution < -0.4 is 4.90 Å². The molecule has 0 fully saturated rings. The predicted molar refractivity (Wildman–Crippen MR) is 90.9 cm³/mol. The molecule has 5 nitrogen and oxygen atoms in total. The summed E-state index contributed by atoms with van der Waals surface area (Å²) >= 11 is 9.01. The number of carbonyl (C=O) groups excluding carboxylic acids is 2. The molecule has 1 aliphatic rings. The van der Waals surface area contributed by atoms with Gasteiger partial charge >= 0.3 is 11.9 Å². The van der Waals surface area contributed by atoms with Gasteiger partial charge in [-0.15, -0.1) is 0 Å². The molecule has 1 aromatic carbocycles. The molecule has 0 atom stereocenters. The number of rotatable bonds is 3. The van der Waals surface area contributed by atoms with E-state index in [4.69, 9.17) is 21.1 Å². The van der Waals surface area contributed by atoms with Gasteiger partial charge in [0.1, 0.15) is 11.5 Å². The van der Waals surface area contributed by atoms with E-state index in [0.717, 1.165) is 0 Å². The minimum absolute atomic E-state index is 0.0335. The highest BCUT2D eigenvalue weighted by atomic mass is 79.9.